The Morgan fingerprint density at radius 1 is 0.558 bits per heavy atom. The van der Waals surface area contributed by atoms with E-state index in [2.05, 4.69) is 43.5 Å². The van der Waals surface area contributed by atoms with Gasteiger partial charge in [-0.05, 0) is 90.5 Å². The fraction of sp³-hybridized carbons (Fsp3) is 0.841. The molecule has 0 saturated heterocycles. The topological polar surface area (TPSA) is 77.1 Å². The summed E-state index contributed by atoms with van der Waals surface area (Å²) in [6, 6.07) is 0. The summed E-state index contributed by atoms with van der Waals surface area (Å²) in [5.41, 5.74) is 0. The molecule has 0 aromatic heterocycles. The van der Waals surface area contributed by atoms with Gasteiger partial charge in [-0.15, -0.1) is 0 Å². The van der Waals surface area contributed by atoms with Crippen molar-refractivity contribution in [2.75, 3.05) is 40.4 Å². The van der Waals surface area contributed by atoms with Crippen LogP contribution < -0.4 is 5.32 Å². The van der Waals surface area contributed by atoms with E-state index in [1.807, 2.05) is 19.0 Å². The van der Waals surface area contributed by atoms with Crippen molar-refractivity contribution in [2.24, 2.45) is 0 Å². The van der Waals surface area contributed by atoms with E-state index < -0.39 is 6.10 Å². The molecule has 0 aliphatic carbocycles. The summed E-state index contributed by atoms with van der Waals surface area (Å²) in [6.07, 6.45) is 40.9. The second-order valence-electron chi connectivity index (χ2n) is 14.8. The van der Waals surface area contributed by atoms with Crippen molar-refractivity contribution in [2.45, 2.75) is 200 Å². The van der Waals surface area contributed by atoms with E-state index in [0.717, 1.165) is 57.9 Å². The number of carbonyl (C=O) groups is 2. The number of rotatable bonds is 38. The molecule has 0 aliphatic rings. The van der Waals surface area contributed by atoms with Crippen molar-refractivity contribution in [3.8, 4) is 0 Å². The molecule has 0 amide bonds. The van der Waals surface area contributed by atoms with Gasteiger partial charge in [-0.25, -0.2) is 0 Å². The first-order valence-electron chi connectivity index (χ1n) is 21.6. The van der Waals surface area contributed by atoms with E-state index >= 15 is 0 Å². The lowest BCUT2D eigenvalue weighted by atomic mass is 10.1. The van der Waals surface area contributed by atoms with Crippen LogP contribution in [-0.2, 0) is 23.8 Å². The van der Waals surface area contributed by atoms with Crippen LogP contribution in [0, 0.1) is 0 Å². The van der Waals surface area contributed by atoms with Crippen LogP contribution in [0.2, 0.25) is 0 Å². The fourth-order valence-corrected chi connectivity index (χ4v) is 6.07. The molecule has 1 unspecified atom stereocenters. The van der Waals surface area contributed by atoms with Gasteiger partial charge in [-0.3, -0.25) is 9.59 Å². The first kappa shape index (κ1) is 50.1. The van der Waals surface area contributed by atoms with Crippen molar-refractivity contribution in [1.29, 1.82) is 0 Å². The zero-order valence-electron chi connectivity index (χ0n) is 34.4. The number of esters is 2. The molecule has 0 fully saturated rings. The van der Waals surface area contributed by atoms with Gasteiger partial charge in [0.25, 0.3) is 5.17 Å². The number of allylic oxidation sites excluding steroid dienone is 4. The van der Waals surface area contributed by atoms with Gasteiger partial charge in [0, 0.05) is 25.9 Å². The lowest BCUT2D eigenvalue weighted by molar-refractivity contribution is -0.161. The minimum Gasteiger partial charge on any atom is -0.467 e. The van der Waals surface area contributed by atoms with Crippen LogP contribution in [0.3, 0.4) is 0 Å². The Morgan fingerprint density at radius 2 is 0.942 bits per heavy atom. The van der Waals surface area contributed by atoms with Crippen LogP contribution in [0.25, 0.3) is 0 Å². The molecule has 0 aromatic carbocycles. The lowest BCUT2D eigenvalue weighted by Gasteiger charge is -2.19. The molecule has 52 heavy (non-hydrogen) atoms. The fourth-order valence-electron chi connectivity index (χ4n) is 5.90. The third-order valence-electron chi connectivity index (χ3n) is 9.24. The Morgan fingerprint density at radius 3 is 1.38 bits per heavy atom. The zero-order valence-corrected chi connectivity index (χ0v) is 35.2. The van der Waals surface area contributed by atoms with E-state index in [-0.39, 0.29) is 30.3 Å². The van der Waals surface area contributed by atoms with Crippen LogP contribution in [0.1, 0.15) is 194 Å². The Balaban J connectivity index is 4.21. The second kappa shape index (κ2) is 40.3. The van der Waals surface area contributed by atoms with Gasteiger partial charge in [-0.1, -0.05) is 141 Å². The molecule has 0 spiro atoms. The molecule has 1 atom stereocenters. The maximum absolute atomic E-state index is 12.7. The zero-order chi connectivity index (χ0) is 38.2. The van der Waals surface area contributed by atoms with Gasteiger partial charge in [0.2, 0.25) is 0 Å². The molecule has 0 bridgehead atoms. The monoisotopic (exact) mass is 751 g/mol. The quantitative estimate of drug-likeness (QED) is 0.0289. The van der Waals surface area contributed by atoms with E-state index in [1.54, 1.807) is 0 Å². The Hall–Kier alpha value is -1.93. The largest absolute Gasteiger partial charge is 0.467 e. The average Bonchev–Trinajstić information content (AvgIpc) is 3.12. The van der Waals surface area contributed by atoms with Gasteiger partial charge in [0.15, 0.2) is 6.10 Å². The van der Waals surface area contributed by atoms with Crippen LogP contribution in [-0.4, -0.2) is 68.5 Å². The van der Waals surface area contributed by atoms with Gasteiger partial charge in [-0.2, -0.15) is 0 Å². The molecule has 0 heterocycles. The highest BCUT2D eigenvalue weighted by Gasteiger charge is 2.19. The summed E-state index contributed by atoms with van der Waals surface area (Å²) in [5, 5.41) is 3.30. The third-order valence-corrected chi connectivity index (χ3v) is 9.50. The second-order valence-corrected chi connectivity index (χ2v) is 15.2. The Labute approximate surface area is 326 Å². The van der Waals surface area contributed by atoms with Crippen molar-refractivity contribution in [3.05, 3.63) is 24.3 Å². The van der Waals surface area contributed by atoms with E-state index in [1.165, 1.54) is 116 Å². The molecule has 0 aliphatic heterocycles. The number of nitrogens with one attached hydrogen (secondary N) is 1. The van der Waals surface area contributed by atoms with Crippen LogP contribution in [0.5, 0.6) is 0 Å². The summed E-state index contributed by atoms with van der Waals surface area (Å²) < 4.78 is 16.9. The third kappa shape index (κ3) is 39.3. The minimum atomic E-state index is -0.692. The number of nitrogens with zero attached hydrogens (tertiary/aromatic N) is 1. The van der Waals surface area contributed by atoms with Gasteiger partial charge < -0.3 is 24.4 Å². The van der Waals surface area contributed by atoms with Gasteiger partial charge >= 0.3 is 11.9 Å². The standard InChI is InChI=1S/C44H82N2O5S/c1-5-7-9-11-13-15-17-19-21-23-25-27-29-31-33-35-42(47)49-39-41(40-50-44(52)45-37-38-46(3)4)51-43(48)36-34-32-30-28-26-24-22-20-18-16-14-12-10-8-6-2/h19-22,41H,5-18,23-40H2,1-4H3,(H,45,52). The predicted octanol–water partition coefficient (Wildman–Crippen LogP) is 12.0. The Kier molecular flexibility index (Phi) is 38.8. The van der Waals surface area contributed by atoms with Crippen molar-refractivity contribution < 1.29 is 23.8 Å². The molecule has 8 heteroatoms. The van der Waals surface area contributed by atoms with E-state index in [9.17, 15) is 9.59 Å². The predicted molar refractivity (Wildman–Crippen MR) is 225 cm³/mol. The molecule has 0 rings (SSSR count). The summed E-state index contributed by atoms with van der Waals surface area (Å²) in [5.74, 6) is -0.548. The number of carbonyl (C=O) groups excluding carboxylic acids is 2. The number of ether oxygens (including phenoxy) is 3. The molecule has 0 aromatic rings. The van der Waals surface area contributed by atoms with Crippen LogP contribution >= 0.6 is 12.2 Å². The number of hydrogen-bond acceptors (Lipinski definition) is 7. The smallest absolute Gasteiger partial charge is 0.306 e. The molecule has 0 saturated carbocycles. The first-order valence-corrected chi connectivity index (χ1v) is 22.0. The average molecular weight is 751 g/mol. The molecule has 7 nitrogen and oxygen atoms in total. The minimum absolute atomic E-state index is 0.0255. The number of thiocarbonyl (C=S) groups is 1. The van der Waals surface area contributed by atoms with E-state index in [0.29, 0.717) is 19.4 Å². The van der Waals surface area contributed by atoms with Crippen molar-refractivity contribution >= 4 is 29.3 Å². The van der Waals surface area contributed by atoms with Gasteiger partial charge in [0.1, 0.15) is 13.2 Å². The maximum Gasteiger partial charge on any atom is 0.306 e. The summed E-state index contributed by atoms with van der Waals surface area (Å²) in [4.78, 5) is 27.2. The van der Waals surface area contributed by atoms with Crippen LogP contribution in [0.15, 0.2) is 24.3 Å². The maximum atomic E-state index is 12.7. The van der Waals surface area contributed by atoms with Gasteiger partial charge in [0.05, 0.1) is 0 Å². The highest BCUT2D eigenvalue weighted by molar-refractivity contribution is 7.80. The van der Waals surface area contributed by atoms with Crippen molar-refractivity contribution in [1.82, 2.24) is 10.2 Å². The SMILES string of the molecule is CCCCCCCCC=CCCCCCCCC(=O)OCC(COC(=S)NCCN(C)C)OC(=O)CCCCCCCC=CCCCCCCCC. The molecule has 0 radical (unpaired) electrons. The molecular formula is C44H82N2O5S. The van der Waals surface area contributed by atoms with Crippen molar-refractivity contribution in [3.63, 3.8) is 0 Å². The summed E-state index contributed by atoms with van der Waals surface area (Å²) in [7, 11) is 3.98. The Bertz CT molecular complexity index is 879. The molecule has 1 N–H and O–H groups in total. The molecular weight excluding hydrogens is 669 g/mol. The number of unbranched alkanes of at least 4 members (excludes halogenated alkanes) is 22. The lowest BCUT2D eigenvalue weighted by Crippen LogP contribution is -2.35. The highest BCUT2D eigenvalue weighted by Crippen LogP contribution is 2.13. The number of likely N-dealkylation sites (N-methyl/N-ethyl adjacent to an activating group) is 1. The number of hydrogen-bond donors (Lipinski definition) is 1. The molecule has 304 valence electrons. The highest BCUT2D eigenvalue weighted by atomic mass is 32.1. The van der Waals surface area contributed by atoms with Crippen LogP contribution in [0.4, 0.5) is 0 Å². The summed E-state index contributed by atoms with van der Waals surface area (Å²) >= 11 is 5.29. The summed E-state index contributed by atoms with van der Waals surface area (Å²) in [6.45, 7) is 6.01. The normalized spacial score (nSPS) is 12.2. The first-order chi connectivity index (χ1) is 25.4. The van der Waals surface area contributed by atoms with E-state index in [4.69, 9.17) is 26.4 Å².